The van der Waals surface area contributed by atoms with Gasteiger partial charge in [0.2, 0.25) is 0 Å². The number of thiazole rings is 1. The predicted octanol–water partition coefficient (Wildman–Crippen LogP) is 5.66. The van der Waals surface area contributed by atoms with Crippen LogP contribution in [-0.2, 0) is 0 Å². The maximum atomic E-state index is 12.3. The molecular weight excluding hydrogens is 438 g/mol. The van der Waals surface area contributed by atoms with Gasteiger partial charge < -0.3 is 9.73 Å². The van der Waals surface area contributed by atoms with E-state index in [9.17, 15) is 10.1 Å². The first kappa shape index (κ1) is 18.2. The Morgan fingerprint density at radius 1 is 1.21 bits per heavy atom. The second-order valence-corrected chi connectivity index (χ2v) is 7.62. The minimum Gasteiger partial charge on any atom is -0.422 e. The van der Waals surface area contributed by atoms with E-state index in [2.05, 4.69) is 32.3 Å². The Balaban J connectivity index is 1.66. The molecular formula is C21H12BrN3O2S. The normalized spacial score (nSPS) is 11.4. The zero-order valence-corrected chi connectivity index (χ0v) is 16.8. The quantitative estimate of drug-likeness (QED) is 0.321. The minimum absolute atomic E-state index is 0.374. The summed E-state index contributed by atoms with van der Waals surface area (Å²) in [4.78, 5) is 16.8. The monoisotopic (exact) mass is 449 g/mol. The van der Waals surface area contributed by atoms with E-state index in [0.29, 0.717) is 27.4 Å². The van der Waals surface area contributed by atoms with Crippen molar-refractivity contribution >= 4 is 49.5 Å². The summed E-state index contributed by atoms with van der Waals surface area (Å²) in [5, 5.41) is 15.7. The summed E-state index contributed by atoms with van der Waals surface area (Å²) in [6, 6.07) is 18.8. The lowest BCUT2D eigenvalue weighted by Gasteiger charge is -2.02. The third-order valence-electron chi connectivity index (χ3n) is 3.98. The van der Waals surface area contributed by atoms with E-state index in [0.717, 1.165) is 15.5 Å². The topological polar surface area (TPSA) is 78.9 Å². The largest absolute Gasteiger partial charge is 0.422 e. The summed E-state index contributed by atoms with van der Waals surface area (Å²) in [6.45, 7) is 0. The Morgan fingerprint density at radius 3 is 2.89 bits per heavy atom. The predicted molar refractivity (Wildman–Crippen MR) is 115 cm³/mol. The first-order chi connectivity index (χ1) is 13.6. The van der Waals surface area contributed by atoms with E-state index in [1.165, 1.54) is 11.3 Å². The van der Waals surface area contributed by atoms with Crippen molar-refractivity contribution in [2.45, 2.75) is 0 Å². The Kier molecular flexibility index (Phi) is 5.06. The summed E-state index contributed by atoms with van der Waals surface area (Å²) >= 11 is 4.71. The maximum absolute atomic E-state index is 12.3. The highest BCUT2D eigenvalue weighted by Gasteiger charge is 2.13. The first-order valence-electron chi connectivity index (χ1n) is 8.25. The minimum atomic E-state index is -0.453. The molecule has 0 aliphatic carbocycles. The van der Waals surface area contributed by atoms with Crippen molar-refractivity contribution in [3.05, 3.63) is 86.1 Å². The van der Waals surface area contributed by atoms with Crippen LogP contribution in [0.1, 0.15) is 5.01 Å². The molecule has 0 saturated carbocycles. The van der Waals surface area contributed by atoms with E-state index in [4.69, 9.17) is 4.42 Å². The molecule has 0 aliphatic rings. The van der Waals surface area contributed by atoms with Crippen molar-refractivity contribution in [3.63, 3.8) is 0 Å². The number of allylic oxidation sites excluding steroid dienone is 1. The van der Waals surface area contributed by atoms with Gasteiger partial charge in [0.15, 0.2) is 0 Å². The molecule has 2 aromatic carbocycles. The van der Waals surface area contributed by atoms with Crippen molar-refractivity contribution < 1.29 is 4.42 Å². The summed E-state index contributed by atoms with van der Waals surface area (Å²) < 4.78 is 6.31. The van der Waals surface area contributed by atoms with Gasteiger partial charge in [-0.05, 0) is 30.3 Å². The maximum Gasteiger partial charge on any atom is 0.345 e. The fourth-order valence-electron chi connectivity index (χ4n) is 2.64. The Hall–Kier alpha value is -3.21. The lowest BCUT2D eigenvalue weighted by Crippen LogP contribution is -2.02. The summed E-state index contributed by atoms with van der Waals surface area (Å²) in [6.07, 6.45) is 1.60. The van der Waals surface area contributed by atoms with Crippen molar-refractivity contribution in [2.75, 3.05) is 5.32 Å². The lowest BCUT2D eigenvalue weighted by atomic mass is 10.1. The molecule has 136 valence electrons. The van der Waals surface area contributed by atoms with Crippen molar-refractivity contribution in [2.24, 2.45) is 0 Å². The molecule has 5 nitrogen and oxygen atoms in total. The van der Waals surface area contributed by atoms with Crippen molar-refractivity contribution in [3.8, 4) is 17.3 Å². The summed E-state index contributed by atoms with van der Waals surface area (Å²) in [5.41, 5.74) is 2.16. The van der Waals surface area contributed by atoms with Crippen LogP contribution in [0.5, 0.6) is 0 Å². The molecule has 28 heavy (non-hydrogen) atoms. The molecule has 7 heteroatoms. The molecule has 0 bridgehead atoms. The zero-order valence-electron chi connectivity index (χ0n) is 14.3. The molecule has 0 radical (unpaired) electrons. The van der Waals surface area contributed by atoms with E-state index in [1.807, 2.05) is 42.5 Å². The van der Waals surface area contributed by atoms with Crippen LogP contribution in [0.2, 0.25) is 0 Å². The van der Waals surface area contributed by atoms with E-state index >= 15 is 0 Å². The third-order valence-corrected chi connectivity index (χ3v) is 5.35. The standard InChI is InChI=1S/C21H12BrN3O2S/c22-15-5-3-6-16(9-15)24-11-14(10-23)20-25-18(12-28-20)17-8-13-4-1-2-7-19(13)27-21(17)26/h1-9,11-12,24H/b14-11+. The van der Waals surface area contributed by atoms with Crippen LogP contribution in [0.15, 0.2) is 79.9 Å². The van der Waals surface area contributed by atoms with Gasteiger partial charge in [-0.15, -0.1) is 11.3 Å². The number of anilines is 1. The number of nitrogens with zero attached hydrogens (tertiary/aromatic N) is 2. The van der Waals surface area contributed by atoms with Crippen LogP contribution in [0.3, 0.4) is 0 Å². The number of halogens is 1. The molecule has 0 aliphatic heterocycles. The van der Waals surface area contributed by atoms with Crippen LogP contribution >= 0.6 is 27.3 Å². The second-order valence-electron chi connectivity index (χ2n) is 5.85. The molecule has 0 fully saturated rings. The van der Waals surface area contributed by atoms with Crippen LogP contribution in [0.4, 0.5) is 5.69 Å². The number of benzene rings is 2. The molecule has 0 unspecified atom stereocenters. The average Bonchev–Trinajstić information content (AvgIpc) is 3.18. The van der Waals surface area contributed by atoms with Crippen LogP contribution in [-0.4, -0.2) is 4.98 Å². The fourth-order valence-corrected chi connectivity index (χ4v) is 3.82. The van der Waals surface area contributed by atoms with Crippen LogP contribution < -0.4 is 10.9 Å². The number of nitrogens with one attached hydrogen (secondary N) is 1. The number of fused-ring (bicyclic) bond motifs is 1. The highest BCUT2D eigenvalue weighted by Crippen LogP contribution is 2.26. The van der Waals surface area contributed by atoms with Crippen LogP contribution in [0, 0.1) is 11.3 Å². The smallest absolute Gasteiger partial charge is 0.345 e. The van der Waals surface area contributed by atoms with Gasteiger partial charge in [0.1, 0.15) is 22.2 Å². The number of hydrogen-bond donors (Lipinski definition) is 1. The molecule has 0 amide bonds. The highest BCUT2D eigenvalue weighted by molar-refractivity contribution is 9.10. The van der Waals surface area contributed by atoms with Gasteiger partial charge in [-0.25, -0.2) is 9.78 Å². The molecule has 4 aromatic rings. The van der Waals surface area contributed by atoms with Crippen molar-refractivity contribution in [1.82, 2.24) is 4.98 Å². The third kappa shape index (κ3) is 3.74. The Labute approximate surface area is 172 Å². The van der Waals surface area contributed by atoms with Gasteiger partial charge in [-0.1, -0.05) is 40.2 Å². The molecule has 1 N–H and O–H groups in total. The number of para-hydroxylation sites is 1. The van der Waals surface area contributed by atoms with Gasteiger partial charge in [0, 0.05) is 27.1 Å². The number of rotatable bonds is 4. The fraction of sp³-hybridized carbons (Fsp3) is 0. The van der Waals surface area contributed by atoms with E-state index in [1.54, 1.807) is 23.7 Å². The number of nitriles is 1. The lowest BCUT2D eigenvalue weighted by molar-refractivity contribution is 0.563. The zero-order chi connectivity index (χ0) is 19.5. The molecule has 2 aromatic heterocycles. The molecule has 4 rings (SSSR count). The summed E-state index contributed by atoms with van der Waals surface area (Å²) in [5.74, 6) is 0. The van der Waals surface area contributed by atoms with E-state index < -0.39 is 5.63 Å². The summed E-state index contributed by atoms with van der Waals surface area (Å²) in [7, 11) is 0. The van der Waals surface area contributed by atoms with E-state index in [-0.39, 0.29) is 0 Å². The van der Waals surface area contributed by atoms with Gasteiger partial charge in [-0.2, -0.15) is 5.26 Å². The average molecular weight is 450 g/mol. The van der Waals surface area contributed by atoms with Crippen molar-refractivity contribution in [1.29, 1.82) is 5.26 Å². The molecule has 0 spiro atoms. The molecule has 2 heterocycles. The van der Waals surface area contributed by atoms with Gasteiger partial charge in [-0.3, -0.25) is 0 Å². The first-order valence-corrected chi connectivity index (χ1v) is 9.93. The Bertz CT molecular complexity index is 1300. The Morgan fingerprint density at radius 2 is 2.07 bits per heavy atom. The number of aromatic nitrogens is 1. The molecule has 0 saturated heterocycles. The highest BCUT2D eigenvalue weighted by atomic mass is 79.9. The van der Waals surface area contributed by atoms with Crippen LogP contribution in [0.25, 0.3) is 27.8 Å². The van der Waals surface area contributed by atoms with Gasteiger partial charge in [0.05, 0.1) is 11.3 Å². The van der Waals surface area contributed by atoms with Gasteiger partial charge in [0.25, 0.3) is 0 Å². The molecule has 0 atom stereocenters. The van der Waals surface area contributed by atoms with Gasteiger partial charge >= 0.3 is 5.63 Å². The number of hydrogen-bond acceptors (Lipinski definition) is 6. The second kappa shape index (κ2) is 7.80. The SMILES string of the molecule is N#C/C(=C\Nc1cccc(Br)c1)c1nc(-c2cc3ccccc3oc2=O)cs1.